The lowest BCUT2D eigenvalue weighted by atomic mass is 10.1. The maximum Gasteiger partial charge on any atom is 0.573 e. The van der Waals surface area contributed by atoms with Gasteiger partial charge in [-0.25, -0.2) is 9.78 Å². The molecule has 0 unspecified atom stereocenters. The third-order valence-corrected chi connectivity index (χ3v) is 2.66. The molecule has 1 heterocycles. The molecule has 2 N–H and O–H groups in total. The smallest absolute Gasteiger partial charge is 0.465 e. The molecule has 1 aromatic rings. The number of carbonyl (C=O) groups is 1. The normalized spacial score (nSPS) is 11.2. The Kier molecular flexibility index (Phi) is 4.73. The van der Waals surface area contributed by atoms with Gasteiger partial charge in [-0.1, -0.05) is 0 Å². The number of nitrogens with two attached hydrogens (primary N) is 1. The number of nitrogens with zero attached hydrogens (tertiary/aromatic N) is 1. The summed E-state index contributed by atoms with van der Waals surface area (Å²) in [5, 5.41) is 0. The summed E-state index contributed by atoms with van der Waals surface area (Å²) in [7, 11) is 1.05. The SMILES string of the molecule is COC(=O)c1c(CN)cnc(I)c1OC(F)(F)F. The molecular formula is C9H8F3IN2O3. The van der Waals surface area contributed by atoms with Crippen molar-refractivity contribution in [1.82, 2.24) is 4.98 Å². The van der Waals surface area contributed by atoms with E-state index >= 15 is 0 Å². The van der Waals surface area contributed by atoms with Gasteiger partial charge < -0.3 is 15.2 Å². The number of ether oxygens (including phenoxy) is 2. The van der Waals surface area contributed by atoms with E-state index in [0.29, 0.717) is 0 Å². The number of alkyl halides is 3. The second kappa shape index (κ2) is 5.69. The van der Waals surface area contributed by atoms with Gasteiger partial charge in [-0.15, -0.1) is 13.2 Å². The third kappa shape index (κ3) is 3.45. The van der Waals surface area contributed by atoms with Crippen molar-refractivity contribution in [3.8, 4) is 5.75 Å². The van der Waals surface area contributed by atoms with Crippen LogP contribution in [0.5, 0.6) is 5.75 Å². The summed E-state index contributed by atoms with van der Waals surface area (Å²) >= 11 is 1.52. The first-order valence-corrected chi connectivity index (χ1v) is 5.59. The maximum atomic E-state index is 12.3. The van der Waals surface area contributed by atoms with Gasteiger partial charge >= 0.3 is 12.3 Å². The number of methoxy groups -OCH3 is 1. The first-order valence-electron chi connectivity index (χ1n) is 4.51. The van der Waals surface area contributed by atoms with Crippen molar-refractivity contribution in [2.75, 3.05) is 7.11 Å². The summed E-state index contributed by atoms with van der Waals surface area (Å²) in [5.74, 6) is -1.66. The van der Waals surface area contributed by atoms with Gasteiger partial charge in [0.1, 0.15) is 9.26 Å². The van der Waals surface area contributed by atoms with Crippen LogP contribution in [0.15, 0.2) is 6.20 Å². The molecule has 0 radical (unpaired) electrons. The van der Waals surface area contributed by atoms with Gasteiger partial charge in [0, 0.05) is 18.3 Å². The van der Waals surface area contributed by atoms with Gasteiger partial charge in [0.25, 0.3) is 0 Å². The van der Waals surface area contributed by atoms with Gasteiger partial charge in [0.15, 0.2) is 5.75 Å². The Hall–Kier alpha value is -1.10. The zero-order valence-corrected chi connectivity index (χ0v) is 11.2. The van der Waals surface area contributed by atoms with Crippen molar-refractivity contribution >= 4 is 28.6 Å². The number of pyridine rings is 1. The van der Waals surface area contributed by atoms with Crippen LogP contribution in [0.3, 0.4) is 0 Å². The van der Waals surface area contributed by atoms with E-state index in [-0.39, 0.29) is 21.4 Å². The molecule has 0 amide bonds. The molecule has 0 fully saturated rings. The number of esters is 1. The van der Waals surface area contributed by atoms with Crippen LogP contribution in [0.25, 0.3) is 0 Å². The van der Waals surface area contributed by atoms with Crippen LogP contribution in [0.1, 0.15) is 15.9 Å². The van der Waals surface area contributed by atoms with E-state index in [2.05, 4.69) is 14.5 Å². The summed E-state index contributed by atoms with van der Waals surface area (Å²) in [4.78, 5) is 15.2. The molecular weight excluding hydrogens is 368 g/mol. The minimum Gasteiger partial charge on any atom is -0.465 e. The molecule has 0 aliphatic carbocycles. The molecule has 1 rings (SSSR count). The fourth-order valence-corrected chi connectivity index (χ4v) is 1.72. The van der Waals surface area contributed by atoms with Crippen LogP contribution < -0.4 is 10.5 Å². The predicted molar refractivity (Wildman–Crippen MR) is 62.9 cm³/mol. The number of aromatic nitrogens is 1. The van der Waals surface area contributed by atoms with Crippen molar-refractivity contribution in [1.29, 1.82) is 0 Å². The van der Waals surface area contributed by atoms with Gasteiger partial charge in [0.05, 0.1) is 7.11 Å². The first-order chi connectivity index (χ1) is 8.30. The van der Waals surface area contributed by atoms with Crippen LogP contribution in [0.2, 0.25) is 0 Å². The molecule has 5 nitrogen and oxygen atoms in total. The number of hydrogen-bond donors (Lipinski definition) is 1. The van der Waals surface area contributed by atoms with Gasteiger partial charge in [0.2, 0.25) is 0 Å². The number of carbonyl (C=O) groups excluding carboxylic acids is 1. The average Bonchev–Trinajstić information content (AvgIpc) is 2.29. The third-order valence-electron chi connectivity index (χ3n) is 1.90. The lowest BCUT2D eigenvalue weighted by molar-refractivity contribution is -0.275. The molecule has 18 heavy (non-hydrogen) atoms. The average molecular weight is 376 g/mol. The Morgan fingerprint density at radius 3 is 2.61 bits per heavy atom. The molecule has 100 valence electrons. The van der Waals surface area contributed by atoms with E-state index < -0.39 is 18.1 Å². The topological polar surface area (TPSA) is 74.4 Å². The Morgan fingerprint density at radius 2 is 2.17 bits per heavy atom. The quantitative estimate of drug-likeness (QED) is 0.495. The zero-order chi connectivity index (χ0) is 13.9. The Morgan fingerprint density at radius 1 is 1.56 bits per heavy atom. The molecule has 0 saturated heterocycles. The van der Waals surface area contributed by atoms with E-state index in [0.717, 1.165) is 7.11 Å². The summed E-state index contributed by atoms with van der Waals surface area (Å²) in [6.07, 6.45) is -3.73. The van der Waals surface area contributed by atoms with E-state index in [1.54, 1.807) is 0 Å². The van der Waals surface area contributed by atoms with Crippen molar-refractivity contribution in [3.63, 3.8) is 0 Å². The lowest BCUT2D eigenvalue weighted by Crippen LogP contribution is -2.22. The molecule has 0 aromatic carbocycles. The van der Waals surface area contributed by atoms with E-state index in [1.807, 2.05) is 0 Å². The molecule has 9 heteroatoms. The highest BCUT2D eigenvalue weighted by Crippen LogP contribution is 2.32. The number of rotatable bonds is 3. The van der Waals surface area contributed by atoms with Crippen molar-refractivity contribution < 1.29 is 27.4 Å². The Balaban J connectivity index is 3.41. The van der Waals surface area contributed by atoms with E-state index in [1.165, 1.54) is 28.8 Å². The molecule has 0 aliphatic rings. The minimum atomic E-state index is -4.93. The lowest BCUT2D eigenvalue weighted by Gasteiger charge is -2.15. The van der Waals surface area contributed by atoms with Crippen LogP contribution in [-0.2, 0) is 11.3 Å². The fraction of sp³-hybridized carbons (Fsp3) is 0.333. The molecule has 0 saturated carbocycles. The largest absolute Gasteiger partial charge is 0.573 e. The predicted octanol–water partition coefficient (Wildman–Crippen LogP) is 1.83. The Bertz CT molecular complexity index is 465. The minimum absolute atomic E-state index is 0.109. The highest BCUT2D eigenvalue weighted by Gasteiger charge is 2.35. The van der Waals surface area contributed by atoms with Crippen LogP contribution >= 0.6 is 22.6 Å². The summed E-state index contributed by atoms with van der Waals surface area (Å²) < 4.78 is 44.9. The van der Waals surface area contributed by atoms with Crippen LogP contribution in [0, 0.1) is 3.70 Å². The van der Waals surface area contributed by atoms with Gasteiger partial charge in [-0.3, -0.25) is 0 Å². The molecule has 0 bridgehead atoms. The van der Waals surface area contributed by atoms with Crippen molar-refractivity contribution in [2.45, 2.75) is 12.9 Å². The fourth-order valence-electron chi connectivity index (χ4n) is 1.20. The summed E-state index contributed by atoms with van der Waals surface area (Å²) in [6.45, 7) is -0.164. The zero-order valence-electron chi connectivity index (χ0n) is 9.05. The molecule has 1 aromatic heterocycles. The number of halogens is 4. The standard InChI is InChI=1S/C9H8F3IN2O3/c1-17-8(16)5-4(2-14)3-15-7(13)6(5)18-9(10,11)12/h3H,2,14H2,1H3. The van der Waals surface area contributed by atoms with Gasteiger partial charge in [-0.05, 0) is 22.6 Å². The Labute approximate surface area is 114 Å². The summed E-state index contributed by atoms with van der Waals surface area (Å²) in [6, 6.07) is 0. The summed E-state index contributed by atoms with van der Waals surface area (Å²) in [5.41, 5.74) is 5.09. The highest BCUT2D eigenvalue weighted by molar-refractivity contribution is 14.1. The first kappa shape index (κ1) is 15.0. The molecule has 0 aliphatic heterocycles. The maximum absolute atomic E-state index is 12.3. The molecule has 0 spiro atoms. The highest BCUT2D eigenvalue weighted by atomic mass is 127. The van der Waals surface area contributed by atoms with Crippen molar-refractivity contribution in [2.24, 2.45) is 5.73 Å². The van der Waals surface area contributed by atoms with Crippen molar-refractivity contribution in [3.05, 3.63) is 21.0 Å². The van der Waals surface area contributed by atoms with Gasteiger partial charge in [-0.2, -0.15) is 0 Å². The van der Waals surface area contributed by atoms with Crippen LogP contribution in [0.4, 0.5) is 13.2 Å². The van der Waals surface area contributed by atoms with Crippen LogP contribution in [-0.4, -0.2) is 24.4 Å². The van der Waals surface area contributed by atoms with E-state index in [9.17, 15) is 18.0 Å². The molecule has 0 atom stereocenters. The second-order valence-electron chi connectivity index (χ2n) is 3.02. The monoisotopic (exact) mass is 376 g/mol. The second-order valence-corrected chi connectivity index (χ2v) is 4.04. The van der Waals surface area contributed by atoms with E-state index in [4.69, 9.17) is 5.73 Å². The number of hydrogen-bond acceptors (Lipinski definition) is 5.